The Morgan fingerprint density at radius 2 is 1.12 bits per heavy atom. The lowest BCUT2D eigenvalue weighted by molar-refractivity contribution is 0.0979. The molecule has 0 fully saturated rings. The van der Waals surface area contributed by atoms with Crippen molar-refractivity contribution in [2.75, 3.05) is 0 Å². The lowest BCUT2D eigenvalue weighted by atomic mass is 9.92. The number of hydrogen-bond acceptors (Lipinski definition) is 7. The summed E-state index contributed by atoms with van der Waals surface area (Å²) in [5.74, 6) is 1.08. The van der Waals surface area contributed by atoms with Crippen LogP contribution in [0.1, 0.15) is 195 Å². The Balaban J connectivity index is 1.46. The van der Waals surface area contributed by atoms with Gasteiger partial charge in [-0.25, -0.2) is 4.39 Å². The molecule has 0 saturated carbocycles. The van der Waals surface area contributed by atoms with Crippen LogP contribution in [0.25, 0.3) is 60.9 Å². The van der Waals surface area contributed by atoms with Gasteiger partial charge in [0.05, 0.1) is 9.58 Å². The van der Waals surface area contributed by atoms with Gasteiger partial charge in [-0.15, -0.1) is 68.0 Å². The molecular formula is C56H73FOS6. The van der Waals surface area contributed by atoms with Crippen LogP contribution in [-0.4, -0.2) is 5.78 Å². The highest BCUT2D eigenvalue weighted by Gasteiger charge is 2.32. The van der Waals surface area contributed by atoms with Crippen LogP contribution in [0.15, 0.2) is 36.4 Å². The molecule has 2 unspecified atom stereocenters. The van der Waals surface area contributed by atoms with E-state index in [4.69, 9.17) is 0 Å². The highest BCUT2D eigenvalue weighted by molar-refractivity contribution is 7.32. The smallest absolute Gasteiger partial charge is 0.175 e. The van der Waals surface area contributed by atoms with Crippen molar-refractivity contribution in [2.24, 2.45) is 11.8 Å². The minimum Gasteiger partial charge on any atom is -0.293 e. The Kier molecular flexibility index (Phi) is 16.6. The molecule has 2 atom stereocenters. The summed E-state index contributed by atoms with van der Waals surface area (Å²) in [4.78, 5) is 24.5. The third-order valence-corrected chi connectivity index (χ3v) is 21.4. The Hall–Kier alpha value is -2.20. The van der Waals surface area contributed by atoms with Crippen LogP contribution in [0.2, 0.25) is 0 Å². The van der Waals surface area contributed by atoms with Crippen molar-refractivity contribution in [2.45, 2.75) is 190 Å². The van der Waals surface area contributed by atoms with Crippen LogP contribution in [0.4, 0.5) is 4.39 Å². The van der Waals surface area contributed by atoms with Crippen LogP contribution < -0.4 is 0 Å². The molecule has 6 aromatic heterocycles. The Labute approximate surface area is 408 Å². The second-order valence-corrected chi connectivity index (χ2v) is 27.0. The van der Waals surface area contributed by atoms with Crippen LogP contribution in [0, 0.1) is 17.7 Å². The zero-order valence-electron chi connectivity index (χ0n) is 40.7. The first-order valence-electron chi connectivity index (χ1n) is 24.6. The lowest BCUT2D eigenvalue weighted by Crippen LogP contribution is -2.09. The number of benzene rings is 1. The molecule has 0 saturated heterocycles. The van der Waals surface area contributed by atoms with Gasteiger partial charge in [0.25, 0.3) is 0 Å². The van der Waals surface area contributed by atoms with E-state index in [0.29, 0.717) is 28.5 Å². The van der Waals surface area contributed by atoms with E-state index in [-0.39, 0.29) is 22.4 Å². The molecule has 0 spiro atoms. The van der Waals surface area contributed by atoms with Crippen molar-refractivity contribution >= 4 is 104 Å². The zero-order chi connectivity index (χ0) is 45.9. The number of ketones is 1. The summed E-state index contributed by atoms with van der Waals surface area (Å²) in [5, 5.41) is 3.34. The molecule has 7 rings (SSSR count). The SMILES string of the molecule is CCCCCCCC(=O)c1sc2c(-c3cc4c(-c5ccc(CC(CC)CCCC)s5)c5sc(C(C)(C)C)cc5c(-c5ccc(CC(CC)CCCC)s5)c4s3)sc(C(C)(C)C)c2c1F. The zero-order valence-corrected chi connectivity index (χ0v) is 45.6. The predicted molar refractivity (Wildman–Crippen MR) is 292 cm³/mol. The minimum absolute atomic E-state index is 0.0130. The number of carbonyl (C=O) groups excluding carboxylic acids is 1. The van der Waals surface area contributed by atoms with E-state index in [2.05, 4.69) is 113 Å². The third-order valence-electron chi connectivity index (χ3n) is 13.2. The molecule has 0 aliphatic heterocycles. The molecule has 8 heteroatoms. The van der Waals surface area contributed by atoms with Gasteiger partial charge in [0.15, 0.2) is 11.6 Å². The average Bonchev–Trinajstić information content (AvgIpc) is 4.12. The van der Waals surface area contributed by atoms with Crippen molar-refractivity contribution in [1.82, 2.24) is 0 Å². The van der Waals surface area contributed by atoms with Crippen molar-refractivity contribution in [3.8, 4) is 30.6 Å². The molecule has 0 bridgehead atoms. The largest absolute Gasteiger partial charge is 0.293 e. The third kappa shape index (κ3) is 10.7. The maximum absolute atomic E-state index is 16.9. The Morgan fingerprint density at radius 3 is 1.66 bits per heavy atom. The maximum Gasteiger partial charge on any atom is 0.175 e. The molecule has 346 valence electrons. The van der Waals surface area contributed by atoms with E-state index in [1.807, 2.05) is 45.3 Å². The summed E-state index contributed by atoms with van der Waals surface area (Å²) in [5.41, 5.74) is 2.46. The highest BCUT2D eigenvalue weighted by Crippen LogP contribution is 2.57. The summed E-state index contributed by atoms with van der Waals surface area (Å²) in [6.45, 7) is 25.2. The summed E-state index contributed by atoms with van der Waals surface area (Å²) in [6, 6.07) is 14.6. The number of Topliss-reactive ketones (excluding diaryl/α,β-unsaturated/α-hetero) is 1. The number of fused-ring (bicyclic) bond motifs is 3. The number of rotatable bonds is 22. The van der Waals surface area contributed by atoms with E-state index >= 15 is 4.39 Å². The van der Waals surface area contributed by atoms with Gasteiger partial charge < -0.3 is 0 Å². The van der Waals surface area contributed by atoms with Crippen molar-refractivity contribution in [3.63, 3.8) is 0 Å². The van der Waals surface area contributed by atoms with Crippen molar-refractivity contribution in [1.29, 1.82) is 0 Å². The molecule has 1 nitrogen and oxygen atoms in total. The fourth-order valence-electron chi connectivity index (χ4n) is 9.29. The van der Waals surface area contributed by atoms with Gasteiger partial charge in [0.2, 0.25) is 0 Å². The van der Waals surface area contributed by atoms with Crippen LogP contribution in [-0.2, 0) is 23.7 Å². The topological polar surface area (TPSA) is 17.1 Å². The average molecular weight is 974 g/mol. The molecule has 0 N–H and O–H groups in total. The van der Waals surface area contributed by atoms with Gasteiger partial charge >= 0.3 is 0 Å². The molecule has 0 amide bonds. The van der Waals surface area contributed by atoms with Gasteiger partial charge in [0.1, 0.15) is 4.88 Å². The van der Waals surface area contributed by atoms with E-state index in [9.17, 15) is 4.79 Å². The van der Waals surface area contributed by atoms with E-state index in [0.717, 1.165) is 46.6 Å². The molecular weight excluding hydrogens is 900 g/mol. The standard InChI is InChI=1S/C56H73FOS6/c1-12-17-20-21-22-25-40(58)51-48(57)47-53(63-51)52(64-54(47)56(9,10)11)43-32-38-45(41-28-26-36(59-41)30-34(15-4)23-18-13-2)50-39(33-44(62-50)55(6,7)8)46(49(38)61-43)42-29-27-37(60-42)31-35(16-5)24-19-14-3/h26-29,32-35H,12-25,30-31H2,1-11H3. The first kappa shape index (κ1) is 49.7. The number of unbranched alkanes of at least 4 members (excludes halogenated alkanes) is 6. The number of halogens is 1. The second kappa shape index (κ2) is 21.4. The highest BCUT2D eigenvalue weighted by atomic mass is 32.1. The van der Waals surface area contributed by atoms with Gasteiger partial charge in [-0.3, -0.25) is 4.79 Å². The summed E-state index contributed by atoms with van der Waals surface area (Å²) in [6.07, 6.45) is 18.1. The second-order valence-electron chi connectivity index (χ2n) is 20.5. The molecule has 1 aromatic carbocycles. The predicted octanol–water partition coefficient (Wildman–Crippen LogP) is 21.3. The first-order valence-corrected chi connectivity index (χ1v) is 29.5. The fourth-order valence-corrected chi connectivity index (χ4v) is 17.2. The van der Waals surface area contributed by atoms with Gasteiger partial charge in [-0.05, 0) is 78.3 Å². The van der Waals surface area contributed by atoms with Gasteiger partial charge in [0, 0.05) is 77.2 Å². The number of carbonyl (C=O) groups is 1. The molecule has 0 aliphatic carbocycles. The molecule has 64 heavy (non-hydrogen) atoms. The quantitative estimate of drug-likeness (QED) is 0.0489. The minimum atomic E-state index is -0.297. The number of thiophene rings is 6. The van der Waals surface area contributed by atoms with E-state index < -0.39 is 0 Å². The Morgan fingerprint density at radius 1 is 0.578 bits per heavy atom. The first-order chi connectivity index (χ1) is 30.6. The summed E-state index contributed by atoms with van der Waals surface area (Å²) >= 11 is 11.0. The summed E-state index contributed by atoms with van der Waals surface area (Å²) in [7, 11) is 0. The van der Waals surface area contributed by atoms with Crippen LogP contribution >= 0.6 is 68.0 Å². The van der Waals surface area contributed by atoms with Gasteiger partial charge in [-0.2, -0.15) is 0 Å². The van der Waals surface area contributed by atoms with E-state index in [1.54, 1.807) is 11.3 Å². The molecule has 0 radical (unpaired) electrons. The molecule has 7 aromatic rings. The summed E-state index contributed by atoms with van der Waals surface area (Å²) < 4.78 is 20.5. The van der Waals surface area contributed by atoms with Crippen LogP contribution in [0.3, 0.4) is 0 Å². The normalized spacial score (nSPS) is 13.6. The van der Waals surface area contributed by atoms with E-state index in [1.165, 1.54) is 136 Å². The fraction of sp³-hybridized carbons (Fsp3) is 0.554. The maximum atomic E-state index is 16.9. The molecule has 0 aliphatic rings. The Bertz CT molecular complexity index is 2540. The number of hydrogen-bond donors (Lipinski definition) is 0. The van der Waals surface area contributed by atoms with Gasteiger partial charge in [-0.1, -0.05) is 153 Å². The van der Waals surface area contributed by atoms with Crippen molar-refractivity contribution < 1.29 is 9.18 Å². The monoisotopic (exact) mass is 972 g/mol. The lowest BCUT2D eigenvalue weighted by Gasteiger charge is -2.16. The van der Waals surface area contributed by atoms with Crippen molar-refractivity contribution in [3.05, 3.63) is 66.6 Å². The van der Waals surface area contributed by atoms with Crippen LogP contribution in [0.5, 0.6) is 0 Å². The molecule has 6 heterocycles.